The molecule has 10 heteroatoms. The molecule has 0 radical (unpaired) electrons. The highest BCUT2D eigenvalue weighted by Gasteiger charge is 2.29. The lowest BCUT2D eigenvalue weighted by Gasteiger charge is -2.28. The predicted octanol–water partition coefficient (Wildman–Crippen LogP) is 3.76. The van der Waals surface area contributed by atoms with Gasteiger partial charge in [-0.1, -0.05) is 43.2 Å². The van der Waals surface area contributed by atoms with Crippen LogP contribution in [0.3, 0.4) is 0 Å². The summed E-state index contributed by atoms with van der Waals surface area (Å²) in [5, 5.41) is 23.0. The highest BCUT2D eigenvalue weighted by atomic mass is 32.2. The van der Waals surface area contributed by atoms with Crippen LogP contribution in [0.25, 0.3) is 5.69 Å². The van der Waals surface area contributed by atoms with Crippen LogP contribution >= 0.6 is 0 Å². The van der Waals surface area contributed by atoms with Crippen molar-refractivity contribution < 1.29 is 13.5 Å². The van der Waals surface area contributed by atoms with Gasteiger partial charge in [-0.05, 0) is 44.0 Å². The van der Waals surface area contributed by atoms with Crippen LogP contribution in [0.15, 0.2) is 69.7 Å². The fourth-order valence-electron chi connectivity index (χ4n) is 3.81. The number of nitrogens with two attached hydrogens (primary N) is 1. The van der Waals surface area contributed by atoms with Crippen molar-refractivity contribution in [2.24, 2.45) is 10.2 Å². The molecule has 0 bridgehead atoms. The zero-order valence-electron chi connectivity index (χ0n) is 17.7. The number of aromatic nitrogens is 2. The maximum absolute atomic E-state index is 13.0. The van der Waals surface area contributed by atoms with E-state index in [1.807, 2.05) is 30.3 Å². The maximum atomic E-state index is 13.0. The molecule has 32 heavy (non-hydrogen) atoms. The molecule has 0 aliphatic heterocycles. The molecule has 1 aromatic heterocycles. The number of rotatable bonds is 6. The highest BCUT2D eigenvalue weighted by Crippen LogP contribution is 2.32. The summed E-state index contributed by atoms with van der Waals surface area (Å²) < 4.78 is 30.3. The van der Waals surface area contributed by atoms with E-state index >= 15 is 0 Å². The van der Waals surface area contributed by atoms with Gasteiger partial charge in [-0.2, -0.15) is 5.10 Å². The average Bonchev–Trinajstić information content (AvgIpc) is 3.08. The van der Waals surface area contributed by atoms with E-state index in [0.717, 1.165) is 18.5 Å². The minimum Gasteiger partial charge on any atom is -0.391 e. The second-order valence-electron chi connectivity index (χ2n) is 7.81. The summed E-state index contributed by atoms with van der Waals surface area (Å²) in [5.41, 5.74) is 8.15. The highest BCUT2D eigenvalue weighted by molar-refractivity contribution is 7.89. The molecule has 0 amide bonds. The van der Waals surface area contributed by atoms with Gasteiger partial charge in [0.1, 0.15) is 10.6 Å². The van der Waals surface area contributed by atoms with Crippen LogP contribution in [0.4, 0.5) is 17.2 Å². The summed E-state index contributed by atoms with van der Waals surface area (Å²) in [6.07, 6.45) is 2.24. The first-order valence-corrected chi connectivity index (χ1v) is 12.0. The Kier molecular flexibility index (Phi) is 6.35. The smallest absolute Gasteiger partial charge is 0.243 e. The number of anilines is 1. The Morgan fingerprint density at radius 3 is 2.50 bits per heavy atom. The molecule has 1 heterocycles. The van der Waals surface area contributed by atoms with Crippen molar-refractivity contribution in [3.8, 4) is 5.69 Å². The summed E-state index contributed by atoms with van der Waals surface area (Å²) in [5.74, 6) is 0.307. The van der Waals surface area contributed by atoms with Crippen molar-refractivity contribution in [3.05, 3.63) is 60.3 Å². The molecule has 1 aliphatic carbocycles. The fourth-order valence-corrected chi connectivity index (χ4v) is 5.25. The van der Waals surface area contributed by atoms with Gasteiger partial charge < -0.3 is 10.8 Å². The third kappa shape index (κ3) is 4.57. The van der Waals surface area contributed by atoms with Crippen molar-refractivity contribution in [2.45, 2.75) is 49.6 Å². The Bertz CT molecular complexity index is 1220. The number of benzene rings is 2. The van der Waals surface area contributed by atoms with E-state index in [2.05, 4.69) is 20.0 Å². The van der Waals surface area contributed by atoms with Crippen molar-refractivity contribution in [3.63, 3.8) is 0 Å². The van der Waals surface area contributed by atoms with Crippen molar-refractivity contribution in [1.29, 1.82) is 0 Å². The van der Waals surface area contributed by atoms with Crippen LogP contribution in [0.1, 0.15) is 31.4 Å². The summed E-state index contributed by atoms with van der Waals surface area (Å²) in [6, 6.07) is 15.2. The van der Waals surface area contributed by atoms with E-state index in [9.17, 15) is 13.5 Å². The number of aliphatic hydroxyl groups is 1. The molecule has 4 rings (SSSR count). The molecule has 0 saturated heterocycles. The predicted molar refractivity (Wildman–Crippen MR) is 122 cm³/mol. The molecular formula is C22H26N6O3S. The third-order valence-corrected chi connectivity index (χ3v) is 7.05. The number of hydrogen-bond donors (Lipinski definition) is 3. The van der Waals surface area contributed by atoms with Crippen LogP contribution in [0.2, 0.25) is 0 Å². The molecule has 1 aliphatic rings. The normalized spacial score (nSPS) is 19.4. The van der Waals surface area contributed by atoms with Gasteiger partial charge in [0.25, 0.3) is 0 Å². The Hall–Kier alpha value is -3.08. The van der Waals surface area contributed by atoms with E-state index in [1.165, 1.54) is 6.07 Å². The van der Waals surface area contributed by atoms with E-state index in [4.69, 9.17) is 5.73 Å². The van der Waals surface area contributed by atoms with Crippen molar-refractivity contribution in [2.75, 3.05) is 5.73 Å². The first-order chi connectivity index (χ1) is 15.4. The summed E-state index contributed by atoms with van der Waals surface area (Å²) in [6.45, 7) is 1.76. The largest absolute Gasteiger partial charge is 0.391 e. The van der Waals surface area contributed by atoms with E-state index in [-0.39, 0.29) is 10.6 Å². The lowest BCUT2D eigenvalue weighted by Crippen LogP contribution is -2.44. The second kappa shape index (κ2) is 9.19. The molecule has 9 nitrogen and oxygen atoms in total. The first kappa shape index (κ1) is 22.1. The van der Waals surface area contributed by atoms with Crippen LogP contribution in [0.5, 0.6) is 0 Å². The number of sulfonamides is 1. The van der Waals surface area contributed by atoms with Gasteiger partial charge >= 0.3 is 0 Å². The van der Waals surface area contributed by atoms with E-state index in [0.29, 0.717) is 30.0 Å². The number of nitrogen functional groups attached to an aromatic ring is 1. The fraction of sp³-hybridized carbons (Fsp3) is 0.318. The monoisotopic (exact) mass is 454 g/mol. The number of para-hydroxylation sites is 1. The summed E-state index contributed by atoms with van der Waals surface area (Å²) in [4.78, 5) is -0.00630. The lowest BCUT2D eigenvalue weighted by molar-refractivity contribution is 0.101. The third-order valence-electron chi connectivity index (χ3n) is 5.51. The molecule has 1 fully saturated rings. The van der Waals surface area contributed by atoms with Crippen molar-refractivity contribution in [1.82, 2.24) is 14.5 Å². The zero-order chi connectivity index (χ0) is 22.7. The molecular weight excluding hydrogens is 428 g/mol. The van der Waals surface area contributed by atoms with Crippen LogP contribution < -0.4 is 10.5 Å². The zero-order valence-corrected chi connectivity index (χ0v) is 18.5. The molecule has 0 spiro atoms. The van der Waals surface area contributed by atoms with Gasteiger partial charge in [0, 0.05) is 6.04 Å². The SMILES string of the molecule is Cc1nn(-c2ccccc2)c(N)c1/N=N/c1ccccc1S(=O)(=O)NC1CCCCC1O. The van der Waals surface area contributed by atoms with Gasteiger partial charge in [-0.25, -0.2) is 17.8 Å². The Morgan fingerprint density at radius 2 is 1.75 bits per heavy atom. The van der Waals surface area contributed by atoms with Crippen LogP contribution in [0, 0.1) is 6.92 Å². The number of azo groups is 1. The number of nitrogens with one attached hydrogen (secondary N) is 1. The molecule has 168 valence electrons. The number of aliphatic hydroxyl groups excluding tert-OH is 1. The summed E-state index contributed by atoms with van der Waals surface area (Å²) >= 11 is 0. The van der Waals surface area contributed by atoms with Gasteiger partial charge in [0.05, 0.1) is 17.5 Å². The van der Waals surface area contributed by atoms with E-state index < -0.39 is 22.2 Å². The van der Waals surface area contributed by atoms with Crippen LogP contribution in [-0.2, 0) is 10.0 Å². The van der Waals surface area contributed by atoms with Crippen LogP contribution in [-0.4, -0.2) is 35.5 Å². The van der Waals surface area contributed by atoms with E-state index in [1.54, 1.807) is 29.8 Å². The maximum Gasteiger partial charge on any atom is 0.243 e. The number of nitrogens with zero attached hydrogens (tertiary/aromatic N) is 4. The van der Waals surface area contributed by atoms with Gasteiger partial charge in [0.2, 0.25) is 10.0 Å². The van der Waals surface area contributed by atoms with Gasteiger partial charge in [-0.3, -0.25) is 0 Å². The summed E-state index contributed by atoms with van der Waals surface area (Å²) in [7, 11) is -3.90. The molecule has 2 aromatic carbocycles. The Labute approximate surface area is 187 Å². The van der Waals surface area contributed by atoms with Gasteiger partial charge in [0.15, 0.2) is 11.5 Å². The minimum absolute atomic E-state index is 0.00630. The quantitative estimate of drug-likeness (QED) is 0.487. The average molecular weight is 455 g/mol. The first-order valence-electron chi connectivity index (χ1n) is 10.5. The Morgan fingerprint density at radius 1 is 1.06 bits per heavy atom. The molecule has 2 unspecified atom stereocenters. The molecule has 4 N–H and O–H groups in total. The molecule has 2 atom stereocenters. The number of hydrogen-bond acceptors (Lipinski definition) is 7. The second-order valence-corrected chi connectivity index (χ2v) is 9.50. The van der Waals surface area contributed by atoms with Gasteiger partial charge in [-0.15, -0.1) is 10.2 Å². The standard InChI is InChI=1S/C22H26N6O3S/c1-15-21(22(23)28(26-15)16-9-3-2-4-10-16)25-24-18-12-6-8-14-20(18)32(30,31)27-17-11-5-7-13-19(17)29/h2-4,6,8-10,12,14,17,19,27,29H,5,7,11,13,23H2,1H3/b25-24+. The Balaban J connectivity index is 1.63. The minimum atomic E-state index is -3.90. The molecule has 1 saturated carbocycles. The number of aryl methyl sites for hydroxylation is 1. The lowest BCUT2D eigenvalue weighted by atomic mass is 9.93. The topological polar surface area (TPSA) is 135 Å². The molecule has 3 aromatic rings. The van der Waals surface area contributed by atoms with Crippen molar-refractivity contribution >= 4 is 27.2 Å².